The number of hydroxylamine groups is 1. The van der Waals surface area contributed by atoms with Crippen molar-refractivity contribution in [1.82, 2.24) is 10.2 Å². The summed E-state index contributed by atoms with van der Waals surface area (Å²) in [5.41, 5.74) is -4.02. The predicted molar refractivity (Wildman–Crippen MR) is 112 cm³/mol. The first-order valence-electron chi connectivity index (χ1n) is 8.82. The van der Waals surface area contributed by atoms with E-state index in [2.05, 4.69) is 8.91 Å². The lowest BCUT2D eigenvalue weighted by Gasteiger charge is -2.18. The fourth-order valence-corrected chi connectivity index (χ4v) is 5.31. The summed E-state index contributed by atoms with van der Waals surface area (Å²) in [4.78, 5) is 12.1. The van der Waals surface area contributed by atoms with E-state index in [1.54, 1.807) is 18.2 Å². The van der Waals surface area contributed by atoms with E-state index in [9.17, 15) is 34.8 Å². The number of rotatable bonds is 8. The van der Waals surface area contributed by atoms with Crippen molar-refractivity contribution in [3.8, 4) is 5.75 Å². The van der Waals surface area contributed by atoms with Crippen LogP contribution >= 0.6 is 11.3 Å². The van der Waals surface area contributed by atoms with Gasteiger partial charge >= 0.3 is 15.6 Å². The lowest BCUT2D eigenvalue weighted by Crippen LogP contribution is -2.39. The van der Waals surface area contributed by atoms with Gasteiger partial charge in [-0.2, -0.15) is 26.3 Å². The largest absolute Gasteiger partial charge is 0.534 e. The second kappa shape index (κ2) is 9.26. The third-order valence-electron chi connectivity index (χ3n) is 4.25. The van der Waals surface area contributed by atoms with E-state index in [1.165, 1.54) is 16.8 Å². The summed E-state index contributed by atoms with van der Waals surface area (Å²) in [5.74, 6) is -2.39. The van der Waals surface area contributed by atoms with Crippen molar-refractivity contribution in [3.05, 3.63) is 65.0 Å². The quantitative estimate of drug-likeness (QED) is 0.178. The fourth-order valence-electron chi connectivity index (χ4n) is 2.77. The summed E-state index contributed by atoms with van der Waals surface area (Å²) in [5, 5.41) is 11.7. The van der Waals surface area contributed by atoms with Gasteiger partial charge in [0.1, 0.15) is 11.8 Å². The second-order valence-corrected chi connectivity index (χ2v) is 10.9. The topological polar surface area (TPSA) is 139 Å². The number of amides is 1. The number of sulfonamides is 1. The molecule has 3 aromatic rings. The summed E-state index contributed by atoms with van der Waals surface area (Å²) >= 11 is 1.48. The number of benzene rings is 2. The first-order chi connectivity index (χ1) is 15.3. The van der Waals surface area contributed by atoms with Crippen LogP contribution in [0.25, 0.3) is 10.1 Å². The minimum absolute atomic E-state index is 0.102. The standard InChI is InChI=1S/C18H15F3N2O7S3/c19-18(20,21)33(28,29)30-14-4-2-12(3-5-14)16(17(24)22-25)23-32(26,27)10-11-1-6-15-13(9-11)7-8-31-15/h1-9,16,23,25H,10H2,(H,22,24)/t16-/m1/s1. The first-order valence-corrected chi connectivity index (χ1v) is 12.8. The molecule has 1 amide bonds. The Morgan fingerprint density at radius 2 is 1.73 bits per heavy atom. The third-order valence-corrected chi connectivity index (χ3v) is 7.43. The van der Waals surface area contributed by atoms with Gasteiger partial charge in [-0.05, 0) is 52.2 Å². The van der Waals surface area contributed by atoms with Crippen LogP contribution in [-0.4, -0.2) is 33.5 Å². The molecule has 1 heterocycles. The van der Waals surface area contributed by atoms with Gasteiger partial charge in [-0.15, -0.1) is 11.3 Å². The molecule has 0 bridgehead atoms. The highest BCUT2D eigenvalue weighted by molar-refractivity contribution is 7.88. The number of halogens is 3. The molecule has 33 heavy (non-hydrogen) atoms. The van der Waals surface area contributed by atoms with Gasteiger partial charge in [-0.3, -0.25) is 10.0 Å². The van der Waals surface area contributed by atoms with Crippen molar-refractivity contribution in [3.63, 3.8) is 0 Å². The highest BCUT2D eigenvalue weighted by atomic mass is 32.2. The molecule has 2 aromatic carbocycles. The summed E-state index contributed by atoms with van der Waals surface area (Å²) in [7, 11) is -10.1. The molecule has 1 aromatic heterocycles. The number of thiophene rings is 1. The molecule has 0 saturated carbocycles. The van der Waals surface area contributed by atoms with Gasteiger partial charge in [-0.25, -0.2) is 13.9 Å². The van der Waals surface area contributed by atoms with Crippen LogP contribution in [0.5, 0.6) is 5.75 Å². The molecular weight excluding hydrogens is 509 g/mol. The maximum atomic E-state index is 12.6. The number of nitrogens with one attached hydrogen (secondary N) is 2. The van der Waals surface area contributed by atoms with Crippen LogP contribution in [0.1, 0.15) is 17.2 Å². The molecule has 0 aliphatic carbocycles. The van der Waals surface area contributed by atoms with Gasteiger partial charge in [0.15, 0.2) is 0 Å². The number of hydrogen-bond acceptors (Lipinski definition) is 8. The second-order valence-electron chi connectivity index (χ2n) is 6.63. The molecule has 15 heteroatoms. The average molecular weight is 525 g/mol. The summed E-state index contributed by atoms with van der Waals surface area (Å²) < 4.78 is 91.8. The van der Waals surface area contributed by atoms with Gasteiger partial charge < -0.3 is 4.18 Å². The molecule has 0 radical (unpaired) electrons. The van der Waals surface area contributed by atoms with Gasteiger partial charge in [0, 0.05) is 4.70 Å². The summed E-state index contributed by atoms with van der Waals surface area (Å²) in [6.45, 7) is 0. The smallest absolute Gasteiger partial charge is 0.376 e. The Kier molecular flexibility index (Phi) is 6.99. The zero-order chi connectivity index (χ0) is 24.4. The molecule has 0 aliphatic rings. The van der Waals surface area contributed by atoms with E-state index >= 15 is 0 Å². The maximum Gasteiger partial charge on any atom is 0.534 e. The molecule has 3 N–H and O–H groups in total. The third kappa shape index (κ3) is 6.00. The van der Waals surface area contributed by atoms with Crippen molar-refractivity contribution in [2.45, 2.75) is 17.3 Å². The lowest BCUT2D eigenvalue weighted by molar-refractivity contribution is -0.131. The van der Waals surface area contributed by atoms with Crippen molar-refractivity contribution >= 4 is 47.5 Å². The van der Waals surface area contributed by atoms with Crippen LogP contribution in [0, 0.1) is 0 Å². The molecule has 0 saturated heterocycles. The molecule has 0 fully saturated rings. The van der Waals surface area contributed by atoms with Gasteiger partial charge in [0.25, 0.3) is 5.91 Å². The van der Waals surface area contributed by atoms with Crippen molar-refractivity contribution in [2.24, 2.45) is 0 Å². The summed E-state index contributed by atoms with van der Waals surface area (Å²) in [6, 6.07) is 8.71. The van der Waals surface area contributed by atoms with Crippen molar-refractivity contribution < 1.29 is 44.2 Å². The van der Waals surface area contributed by atoms with Crippen LogP contribution in [-0.2, 0) is 30.7 Å². The SMILES string of the molecule is O=C(NO)[C@H](NS(=O)(=O)Cc1ccc2sccc2c1)c1ccc(OS(=O)(=O)C(F)(F)F)cc1. The molecular formula is C18H15F3N2O7S3. The van der Waals surface area contributed by atoms with E-state index in [-0.39, 0.29) is 5.56 Å². The number of carbonyl (C=O) groups is 1. The lowest BCUT2D eigenvalue weighted by atomic mass is 10.1. The van der Waals surface area contributed by atoms with Crippen LogP contribution in [0.3, 0.4) is 0 Å². The highest BCUT2D eigenvalue weighted by Crippen LogP contribution is 2.28. The zero-order valence-electron chi connectivity index (χ0n) is 16.2. The minimum Gasteiger partial charge on any atom is -0.376 e. The van der Waals surface area contributed by atoms with Crippen molar-refractivity contribution in [2.75, 3.05) is 0 Å². The fraction of sp³-hybridized carbons (Fsp3) is 0.167. The monoisotopic (exact) mass is 524 g/mol. The molecule has 178 valence electrons. The van der Waals surface area contributed by atoms with E-state index in [0.29, 0.717) is 5.56 Å². The molecule has 1 atom stereocenters. The Bertz CT molecular complexity index is 1370. The number of alkyl halides is 3. The Labute approximate surface area is 189 Å². The first kappa shape index (κ1) is 24.9. The van der Waals surface area contributed by atoms with Crippen LogP contribution in [0.15, 0.2) is 53.9 Å². The van der Waals surface area contributed by atoms with E-state index in [1.807, 2.05) is 11.4 Å². The Balaban J connectivity index is 1.81. The van der Waals surface area contributed by atoms with Crippen LogP contribution < -0.4 is 14.4 Å². The number of hydrogen-bond donors (Lipinski definition) is 3. The number of carbonyl (C=O) groups excluding carboxylic acids is 1. The van der Waals surface area contributed by atoms with E-state index in [4.69, 9.17) is 5.21 Å². The Hall–Kier alpha value is -2.72. The van der Waals surface area contributed by atoms with E-state index < -0.39 is 49.1 Å². The van der Waals surface area contributed by atoms with Gasteiger partial charge in [0.2, 0.25) is 10.0 Å². The maximum absolute atomic E-state index is 12.6. The molecule has 3 rings (SSSR count). The average Bonchev–Trinajstić information content (AvgIpc) is 3.18. The molecule has 0 spiro atoms. The van der Waals surface area contributed by atoms with Crippen LogP contribution in [0.4, 0.5) is 13.2 Å². The molecule has 0 aliphatic heterocycles. The highest BCUT2D eigenvalue weighted by Gasteiger charge is 2.48. The number of fused-ring (bicyclic) bond motifs is 1. The Morgan fingerprint density at radius 1 is 1.06 bits per heavy atom. The van der Waals surface area contributed by atoms with Gasteiger partial charge in [-0.1, -0.05) is 18.2 Å². The van der Waals surface area contributed by atoms with Crippen molar-refractivity contribution in [1.29, 1.82) is 0 Å². The molecule has 9 nitrogen and oxygen atoms in total. The predicted octanol–water partition coefficient (Wildman–Crippen LogP) is 2.80. The molecule has 0 unspecified atom stereocenters. The summed E-state index contributed by atoms with van der Waals surface area (Å²) in [6.07, 6.45) is 0. The van der Waals surface area contributed by atoms with Gasteiger partial charge in [0.05, 0.1) is 5.75 Å². The normalized spacial score (nSPS) is 13.6. The minimum atomic E-state index is -5.91. The van der Waals surface area contributed by atoms with Crippen LogP contribution in [0.2, 0.25) is 0 Å². The zero-order valence-corrected chi connectivity index (χ0v) is 18.7. The van der Waals surface area contributed by atoms with E-state index in [0.717, 1.165) is 34.4 Å². The Morgan fingerprint density at radius 3 is 2.33 bits per heavy atom.